The molecule has 1 saturated heterocycles. The first-order valence-electron chi connectivity index (χ1n) is 3.72. The minimum Gasteiger partial charge on any atom is -0.331 e. The lowest BCUT2D eigenvalue weighted by molar-refractivity contribution is -0.122. The molecule has 3 amide bonds. The van der Waals surface area contributed by atoms with Gasteiger partial charge in [0.1, 0.15) is 0 Å². The third-order valence-electron chi connectivity index (χ3n) is 1.68. The van der Waals surface area contributed by atoms with Crippen LogP contribution in [0, 0.1) is 0 Å². The highest BCUT2D eigenvalue weighted by Gasteiger charge is 2.37. The minimum absolute atomic E-state index is 0.324. The van der Waals surface area contributed by atoms with Crippen LogP contribution in [0.4, 0.5) is 4.79 Å². The highest BCUT2D eigenvalue weighted by atomic mass is 16.2. The van der Waals surface area contributed by atoms with Gasteiger partial charge >= 0.3 is 6.03 Å². The first-order chi connectivity index (χ1) is 5.46. The summed E-state index contributed by atoms with van der Waals surface area (Å²) in [6.07, 6.45) is 1.14. The number of urea groups is 1. The van der Waals surface area contributed by atoms with E-state index in [2.05, 4.69) is 11.9 Å². The predicted octanol–water partition coefficient (Wildman–Crippen LogP) is 0.503. The molecule has 1 N–H and O–H groups in total. The summed E-state index contributed by atoms with van der Waals surface area (Å²) in [6.45, 7) is 7.44. The number of hydrogen-bond acceptors (Lipinski definition) is 2. The zero-order valence-electron chi connectivity index (χ0n) is 7.26. The fourth-order valence-electron chi connectivity index (χ4n) is 1.15. The molecule has 1 aliphatic rings. The van der Waals surface area contributed by atoms with Crippen molar-refractivity contribution in [2.24, 2.45) is 0 Å². The normalized spacial score (nSPS) is 20.5. The second-order valence-electron chi connectivity index (χ2n) is 3.44. The van der Waals surface area contributed by atoms with E-state index in [1.165, 1.54) is 0 Å². The van der Waals surface area contributed by atoms with E-state index in [0.29, 0.717) is 6.54 Å². The van der Waals surface area contributed by atoms with Crippen molar-refractivity contribution >= 4 is 11.9 Å². The molecule has 0 aromatic carbocycles. The molecule has 12 heavy (non-hydrogen) atoms. The van der Waals surface area contributed by atoms with Gasteiger partial charge in [0.05, 0.1) is 12.1 Å². The maximum absolute atomic E-state index is 11.1. The summed E-state index contributed by atoms with van der Waals surface area (Å²) in [5.41, 5.74) is -0.324. The average Bonchev–Trinajstić information content (AvgIpc) is 2.23. The molecule has 0 unspecified atom stereocenters. The third kappa shape index (κ3) is 1.47. The number of imide groups is 1. The van der Waals surface area contributed by atoms with Gasteiger partial charge in [-0.05, 0) is 19.9 Å². The first-order valence-corrected chi connectivity index (χ1v) is 3.72. The predicted molar refractivity (Wildman–Crippen MR) is 44.5 cm³/mol. The molecule has 1 heterocycles. The van der Waals surface area contributed by atoms with Crippen LogP contribution < -0.4 is 5.32 Å². The van der Waals surface area contributed by atoms with Crippen molar-refractivity contribution in [1.82, 2.24) is 10.2 Å². The summed E-state index contributed by atoms with van der Waals surface area (Å²) in [5, 5.41) is 2.68. The summed E-state index contributed by atoms with van der Waals surface area (Å²) in [4.78, 5) is 23.3. The van der Waals surface area contributed by atoms with Crippen molar-refractivity contribution in [2.75, 3.05) is 6.54 Å². The molecule has 1 aliphatic heterocycles. The van der Waals surface area contributed by atoms with Crippen LogP contribution >= 0.6 is 0 Å². The van der Waals surface area contributed by atoms with Crippen molar-refractivity contribution in [3.63, 3.8) is 0 Å². The Morgan fingerprint density at radius 2 is 2.33 bits per heavy atom. The monoisotopic (exact) mass is 168 g/mol. The average molecular weight is 168 g/mol. The van der Waals surface area contributed by atoms with Gasteiger partial charge in [0.2, 0.25) is 0 Å². The Labute approximate surface area is 71.2 Å². The Hall–Kier alpha value is -1.32. The number of nitrogens with zero attached hydrogens (tertiary/aromatic N) is 1. The van der Waals surface area contributed by atoms with Gasteiger partial charge in [-0.2, -0.15) is 0 Å². The molecule has 4 nitrogen and oxygen atoms in total. The quantitative estimate of drug-likeness (QED) is 0.580. The number of nitrogens with one attached hydrogen (secondary N) is 1. The Kier molecular flexibility index (Phi) is 1.92. The smallest absolute Gasteiger partial charge is 0.324 e. The van der Waals surface area contributed by atoms with E-state index in [1.54, 1.807) is 0 Å². The van der Waals surface area contributed by atoms with Gasteiger partial charge in [-0.1, -0.05) is 6.58 Å². The van der Waals surface area contributed by atoms with Gasteiger partial charge in [0.25, 0.3) is 5.91 Å². The van der Waals surface area contributed by atoms with E-state index in [-0.39, 0.29) is 17.5 Å². The summed E-state index contributed by atoms with van der Waals surface area (Å²) < 4.78 is 0. The summed E-state index contributed by atoms with van der Waals surface area (Å²) in [5.74, 6) is -0.349. The highest BCUT2D eigenvalue weighted by molar-refractivity contribution is 6.01. The molecule has 0 atom stereocenters. The lowest BCUT2D eigenvalue weighted by Gasteiger charge is -2.15. The topological polar surface area (TPSA) is 49.4 Å². The van der Waals surface area contributed by atoms with E-state index in [0.717, 1.165) is 11.0 Å². The molecule has 0 radical (unpaired) electrons. The minimum atomic E-state index is -0.349. The van der Waals surface area contributed by atoms with Crippen LogP contribution in [0.3, 0.4) is 0 Å². The molecule has 0 aliphatic carbocycles. The van der Waals surface area contributed by atoms with Gasteiger partial charge < -0.3 is 5.32 Å². The fourth-order valence-corrected chi connectivity index (χ4v) is 1.15. The number of hydrogen-bond donors (Lipinski definition) is 1. The first kappa shape index (κ1) is 8.77. The van der Waals surface area contributed by atoms with E-state index in [1.807, 2.05) is 13.8 Å². The molecular formula is C8H12N2O2. The Morgan fingerprint density at radius 3 is 2.67 bits per heavy atom. The van der Waals surface area contributed by atoms with Crippen LogP contribution in [0.25, 0.3) is 0 Å². The molecule has 0 saturated carbocycles. The van der Waals surface area contributed by atoms with Crippen molar-refractivity contribution < 1.29 is 9.59 Å². The van der Waals surface area contributed by atoms with Crippen LogP contribution in [-0.2, 0) is 4.79 Å². The zero-order valence-corrected chi connectivity index (χ0v) is 7.26. The van der Waals surface area contributed by atoms with Crippen LogP contribution in [0.5, 0.6) is 0 Å². The summed E-state index contributed by atoms with van der Waals surface area (Å²) in [7, 11) is 0. The maximum atomic E-state index is 11.1. The van der Waals surface area contributed by atoms with Crippen molar-refractivity contribution in [1.29, 1.82) is 0 Å². The van der Waals surface area contributed by atoms with Crippen LogP contribution in [0.1, 0.15) is 13.8 Å². The standard InChI is InChI=1S/C8H12N2O2/c1-4-6(11)10-5-8(2,3)9-7(10)12/h4H,1,5H2,2-3H3,(H,9,12). The number of carbonyl (C=O) groups is 2. The second kappa shape index (κ2) is 2.62. The van der Waals surface area contributed by atoms with Gasteiger partial charge in [-0.15, -0.1) is 0 Å². The third-order valence-corrected chi connectivity index (χ3v) is 1.68. The zero-order chi connectivity index (χ0) is 9.35. The fraction of sp³-hybridized carbons (Fsp3) is 0.500. The Balaban J connectivity index is 2.77. The van der Waals surface area contributed by atoms with Gasteiger partial charge in [0.15, 0.2) is 0 Å². The number of carbonyl (C=O) groups excluding carboxylic acids is 2. The largest absolute Gasteiger partial charge is 0.331 e. The molecule has 4 heteroatoms. The summed E-state index contributed by atoms with van der Waals surface area (Å²) >= 11 is 0. The molecule has 0 aromatic heterocycles. The van der Waals surface area contributed by atoms with E-state index >= 15 is 0 Å². The van der Waals surface area contributed by atoms with Gasteiger partial charge in [0, 0.05) is 0 Å². The molecule has 1 fully saturated rings. The molecule has 0 aromatic rings. The Bertz CT molecular complexity index is 245. The van der Waals surface area contributed by atoms with E-state index in [4.69, 9.17) is 0 Å². The molecule has 0 spiro atoms. The van der Waals surface area contributed by atoms with Gasteiger partial charge in [-0.3, -0.25) is 9.69 Å². The lowest BCUT2D eigenvalue weighted by Crippen LogP contribution is -2.36. The number of rotatable bonds is 1. The van der Waals surface area contributed by atoms with Crippen LogP contribution in [0.15, 0.2) is 12.7 Å². The molecule has 1 rings (SSSR count). The van der Waals surface area contributed by atoms with E-state index in [9.17, 15) is 9.59 Å². The summed E-state index contributed by atoms with van der Waals surface area (Å²) in [6, 6.07) is -0.343. The van der Waals surface area contributed by atoms with Crippen LogP contribution in [-0.4, -0.2) is 28.9 Å². The van der Waals surface area contributed by atoms with Crippen molar-refractivity contribution in [3.8, 4) is 0 Å². The number of amides is 3. The van der Waals surface area contributed by atoms with Crippen molar-refractivity contribution in [3.05, 3.63) is 12.7 Å². The SMILES string of the molecule is C=CC(=O)N1CC(C)(C)NC1=O. The van der Waals surface area contributed by atoms with Crippen molar-refractivity contribution in [2.45, 2.75) is 19.4 Å². The Morgan fingerprint density at radius 1 is 1.75 bits per heavy atom. The molecule has 66 valence electrons. The highest BCUT2D eigenvalue weighted by Crippen LogP contribution is 2.14. The van der Waals surface area contributed by atoms with E-state index < -0.39 is 0 Å². The molecule has 0 bridgehead atoms. The lowest BCUT2D eigenvalue weighted by atomic mass is 10.1. The van der Waals surface area contributed by atoms with Crippen LogP contribution in [0.2, 0.25) is 0 Å². The second-order valence-corrected chi connectivity index (χ2v) is 3.44. The molecular weight excluding hydrogens is 156 g/mol. The maximum Gasteiger partial charge on any atom is 0.324 e. The van der Waals surface area contributed by atoms with Gasteiger partial charge in [-0.25, -0.2) is 4.79 Å².